The Balaban J connectivity index is 2.26. The van der Waals surface area contributed by atoms with E-state index in [9.17, 15) is 4.79 Å². The number of aryl methyl sites for hydroxylation is 1. The lowest BCUT2D eigenvalue weighted by atomic mass is 10.1. The van der Waals surface area contributed by atoms with Crippen LogP contribution in [0.2, 0.25) is 5.02 Å². The van der Waals surface area contributed by atoms with Crippen molar-refractivity contribution in [1.29, 1.82) is 0 Å². The maximum Gasteiger partial charge on any atom is 0.255 e. The second kappa shape index (κ2) is 5.33. The minimum absolute atomic E-state index is 0.197. The van der Waals surface area contributed by atoms with Crippen LogP contribution < -0.4 is 11.1 Å². The number of benzene rings is 2. The Kier molecular flexibility index (Phi) is 3.76. The third-order valence-electron chi connectivity index (χ3n) is 3.11. The van der Waals surface area contributed by atoms with Crippen molar-refractivity contribution >= 4 is 28.9 Å². The quantitative estimate of drug-likeness (QED) is 0.819. The maximum absolute atomic E-state index is 12.1. The van der Waals surface area contributed by atoms with Gasteiger partial charge in [-0.25, -0.2) is 0 Å². The van der Waals surface area contributed by atoms with E-state index in [2.05, 4.69) is 5.32 Å². The molecule has 0 saturated carbocycles. The highest BCUT2D eigenvalue weighted by Crippen LogP contribution is 2.22. The molecule has 0 bridgehead atoms. The Morgan fingerprint density at radius 3 is 2.63 bits per heavy atom. The van der Waals surface area contributed by atoms with Crippen LogP contribution >= 0.6 is 11.6 Å². The van der Waals surface area contributed by atoms with E-state index >= 15 is 0 Å². The molecule has 0 spiro atoms. The van der Waals surface area contributed by atoms with Gasteiger partial charge in [0.25, 0.3) is 5.91 Å². The molecule has 4 heteroatoms. The molecule has 0 fully saturated rings. The van der Waals surface area contributed by atoms with Crippen LogP contribution in [0.15, 0.2) is 36.4 Å². The van der Waals surface area contributed by atoms with Crippen molar-refractivity contribution < 1.29 is 4.79 Å². The van der Waals surface area contributed by atoms with Gasteiger partial charge < -0.3 is 11.1 Å². The predicted molar refractivity (Wildman–Crippen MR) is 79.7 cm³/mol. The molecule has 0 aliphatic heterocycles. The number of carbonyl (C=O) groups excluding carboxylic acids is 1. The lowest BCUT2D eigenvalue weighted by Gasteiger charge is -2.10. The third kappa shape index (κ3) is 2.88. The zero-order valence-electron chi connectivity index (χ0n) is 10.8. The number of halogens is 1. The Labute approximate surface area is 117 Å². The van der Waals surface area contributed by atoms with Gasteiger partial charge >= 0.3 is 0 Å². The molecule has 0 atom stereocenters. The number of nitrogens with two attached hydrogens (primary N) is 1. The molecule has 0 unspecified atom stereocenters. The molecule has 0 aliphatic carbocycles. The minimum Gasteiger partial charge on any atom is -0.398 e. The normalized spacial score (nSPS) is 10.3. The van der Waals surface area contributed by atoms with E-state index in [0.29, 0.717) is 16.3 Å². The third-order valence-corrected chi connectivity index (χ3v) is 3.46. The van der Waals surface area contributed by atoms with Crippen molar-refractivity contribution in [1.82, 2.24) is 0 Å². The predicted octanol–water partition coefficient (Wildman–Crippen LogP) is 3.79. The second-order valence-corrected chi connectivity index (χ2v) is 4.85. The van der Waals surface area contributed by atoms with Crippen LogP contribution in [-0.2, 0) is 0 Å². The van der Waals surface area contributed by atoms with E-state index in [4.69, 9.17) is 17.3 Å². The van der Waals surface area contributed by atoms with Crippen molar-refractivity contribution in [2.24, 2.45) is 0 Å². The number of anilines is 2. The molecule has 0 radical (unpaired) electrons. The van der Waals surface area contributed by atoms with Gasteiger partial charge in [0.05, 0.1) is 10.7 Å². The van der Waals surface area contributed by atoms with Gasteiger partial charge in [0.15, 0.2) is 0 Å². The van der Waals surface area contributed by atoms with Crippen LogP contribution in [0.1, 0.15) is 21.5 Å². The van der Waals surface area contributed by atoms with Gasteiger partial charge in [0, 0.05) is 11.3 Å². The first-order chi connectivity index (χ1) is 8.99. The van der Waals surface area contributed by atoms with Crippen LogP contribution in [0.3, 0.4) is 0 Å². The first-order valence-electron chi connectivity index (χ1n) is 5.91. The number of nitrogens with one attached hydrogen (secondary N) is 1. The standard InChI is InChI=1S/C15H15ClN2O/c1-9-4-3-5-14(10(9)2)18-15(19)11-6-7-12(16)13(17)8-11/h3-8H,17H2,1-2H3,(H,18,19). The summed E-state index contributed by atoms with van der Waals surface area (Å²) in [6, 6.07) is 10.6. The molecule has 2 aromatic carbocycles. The number of rotatable bonds is 2. The summed E-state index contributed by atoms with van der Waals surface area (Å²) >= 11 is 5.83. The maximum atomic E-state index is 12.1. The summed E-state index contributed by atoms with van der Waals surface area (Å²) in [5.74, 6) is -0.197. The average molecular weight is 275 g/mol. The summed E-state index contributed by atoms with van der Waals surface area (Å²) < 4.78 is 0. The van der Waals surface area contributed by atoms with Gasteiger partial charge in [0.2, 0.25) is 0 Å². The monoisotopic (exact) mass is 274 g/mol. The second-order valence-electron chi connectivity index (χ2n) is 4.44. The molecule has 2 rings (SSSR count). The van der Waals surface area contributed by atoms with E-state index in [0.717, 1.165) is 16.8 Å². The molecule has 19 heavy (non-hydrogen) atoms. The molecule has 0 saturated heterocycles. The van der Waals surface area contributed by atoms with E-state index < -0.39 is 0 Å². The molecular formula is C15H15ClN2O. The van der Waals surface area contributed by atoms with Crippen LogP contribution in [0.4, 0.5) is 11.4 Å². The fourth-order valence-corrected chi connectivity index (χ4v) is 1.88. The van der Waals surface area contributed by atoms with Crippen molar-refractivity contribution in [3.8, 4) is 0 Å². The van der Waals surface area contributed by atoms with E-state index in [-0.39, 0.29) is 5.91 Å². The van der Waals surface area contributed by atoms with Crippen LogP contribution in [0.25, 0.3) is 0 Å². The SMILES string of the molecule is Cc1cccc(NC(=O)c2ccc(Cl)c(N)c2)c1C. The first kappa shape index (κ1) is 13.4. The Bertz CT molecular complexity index is 638. The van der Waals surface area contributed by atoms with E-state index in [1.54, 1.807) is 18.2 Å². The number of carbonyl (C=O) groups is 1. The summed E-state index contributed by atoms with van der Waals surface area (Å²) in [4.78, 5) is 12.1. The first-order valence-corrected chi connectivity index (χ1v) is 6.29. The van der Waals surface area contributed by atoms with Gasteiger partial charge in [-0.2, -0.15) is 0 Å². The van der Waals surface area contributed by atoms with Gasteiger partial charge in [-0.05, 0) is 49.2 Å². The highest BCUT2D eigenvalue weighted by Gasteiger charge is 2.09. The van der Waals surface area contributed by atoms with E-state index in [1.165, 1.54) is 0 Å². The smallest absolute Gasteiger partial charge is 0.255 e. The largest absolute Gasteiger partial charge is 0.398 e. The van der Waals surface area contributed by atoms with Gasteiger partial charge in [-0.3, -0.25) is 4.79 Å². The molecule has 1 amide bonds. The summed E-state index contributed by atoms with van der Waals surface area (Å²) in [5, 5.41) is 3.32. The zero-order valence-corrected chi connectivity index (χ0v) is 11.6. The Hall–Kier alpha value is -2.00. The van der Waals surface area contributed by atoms with E-state index in [1.807, 2.05) is 32.0 Å². The molecule has 3 N–H and O–H groups in total. The topological polar surface area (TPSA) is 55.1 Å². The lowest BCUT2D eigenvalue weighted by molar-refractivity contribution is 0.102. The fraction of sp³-hybridized carbons (Fsp3) is 0.133. The molecule has 0 aromatic heterocycles. The summed E-state index contributed by atoms with van der Waals surface area (Å²) in [6.07, 6.45) is 0. The van der Waals surface area contributed by atoms with Crippen molar-refractivity contribution in [2.45, 2.75) is 13.8 Å². The minimum atomic E-state index is -0.197. The summed E-state index contributed by atoms with van der Waals surface area (Å²) in [6.45, 7) is 3.98. The number of nitrogen functional groups attached to an aromatic ring is 1. The van der Waals surface area contributed by atoms with Gasteiger partial charge in [-0.15, -0.1) is 0 Å². The Morgan fingerprint density at radius 1 is 1.21 bits per heavy atom. The number of hydrogen-bond acceptors (Lipinski definition) is 2. The molecule has 0 heterocycles. The molecule has 3 nitrogen and oxygen atoms in total. The lowest BCUT2D eigenvalue weighted by Crippen LogP contribution is -2.13. The van der Waals surface area contributed by atoms with Gasteiger partial charge in [0.1, 0.15) is 0 Å². The number of hydrogen-bond donors (Lipinski definition) is 2. The highest BCUT2D eigenvalue weighted by atomic mass is 35.5. The summed E-state index contributed by atoms with van der Waals surface area (Å²) in [5.41, 5.74) is 9.57. The zero-order chi connectivity index (χ0) is 14.0. The van der Waals surface area contributed by atoms with Crippen molar-refractivity contribution in [3.63, 3.8) is 0 Å². The Morgan fingerprint density at radius 2 is 1.95 bits per heavy atom. The van der Waals surface area contributed by atoms with Gasteiger partial charge in [-0.1, -0.05) is 23.7 Å². The molecule has 2 aromatic rings. The van der Waals surface area contributed by atoms with Crippen molar-refractivity contribution in [3.05, 3.63) is 58.1 Å². The molecular weight excluding hydrogens is 260 g/mol. The van der Waals surface area contributed by atoms with Crippen LogP contribution in [0, 0.1) is 13.8 Å². The van der Waals surface area contributed by atoms with Crippen LogP contribution in [-0.4, -0.2) is 5.91 Å². The highest BCUT2D eigenvalue weighted by molar-refractivity contribution is 6.33. The molecule has 0 aliphatic rings. The summed E-state index contributed by atoms with van der Waals surface area (Å²) in [7, 11) is 0. The van der Waals surface area contributed by atoms with Crippen LogP contribution in [0.5, 0.6) is 0 Å². The van der Waals surface area contributed by atoms with Crippen molar-refractivity contribution in [2.75, 3.05) is 11.1 Å². The average Bonchev–Trinajstić information content (AvgIpc) is 2.38. The fourth-order valence-electron chi connectivity index (χ4n) is 1.77. The molecule has 98 valence electrons. The number of amides is 1.